The van der Waals surface area contributed by atoms with Gasteiger partial charge in [0.25, 0.3) is 0 Å². The van der Waals surface area contributed by atoms with Gasteiger partial charge in [0.15, 0.2) is 0 Å². The van der Waals surface area contributed by atoms with Crippen LogP contribution in [0.3, 0.4) is 0 Å². The van der Waals surface area contributed by atoms with E-state index in [1.807, 2.05) is 43.4 Å². The first-order chi connectivity index (χ1) is 14.0. The number of nitrogens with zero attached hydrogens (tertiary/aromatic N) is 2. The number of benzene rings is 2. The van der Waals surface area contributed by atoms with E-state index >= 15 is 0 Å². The highest BCUT2D eigenvalue weighted by molar-refractivity contribution is 6.30. The Hall–Kier alpha value is -2.01. The Labute approximate surface area is 177 Å². The second-order valence-corrected chi connectivity index (χ2v) is 8.61. The summed E-state index contributed by atoms with van der Waals surface area (Å²) in [5.41, 5.74) is 3.11. The van der Waals surface area contributed by atoms with Crippen LogP contribution in [0.1, 0.15) is 37.1 Å². The third-order valence-electron chi connectivity index (χ3n) is 6.10. The van der Waals surface area contributed by atoms with Crippen LogP contribution in [0.25, 0.3) is 10.9 Å². The molecule has 1 unspecified atom stereocenters. The minimum Gasteiger partial charge on any atom is -0.487 e. The Bertz CT molecular complexity index is 959. The van der Waals surface area contributed by atoms with E-state index in [9.17, 15) is 5.11 Å². The van der Waals surface area contributed by atoms with Crippen LogP contribution in [-0.4, -0.2) is 34.2 Å². The SMILES string of the molecule is CC1CCN(CC(O)c2c(COc3ccc(Cl)cc3)n(C)c3ccccc23)CC1. The van der Waals surface area contributed by atoms with Crippen molar-refractivity contribution < 1.29 is 9.84 Å². The molecule has 0 amide bonds. The number of aliphatic hydroxyl groups excluding tert-OH is 1. The first-order valence-electron chi connectivity index (χ1n) is 10.4. The van der Waals surface area contributed by atoms with Gasteiger partial charge in [0.1, 0.15) is 12.4 Å². The van der Waals surface area contributed by atoms with Gasteiger partial charge in [-0.05, 0) is 62.2 Å². The number of rotatable bonds is 6. The quantitative estimate of drug-likeness (QED) is 0.606. The molecule has 1 saturated heterocycles. The summed E-state index contributed by atoms with van der Waals surface area (Å²) in [4.78, 5) is 2.39. The van der Waals surface area contributed by atoms with Gasteiger partial charge in [-0.25, -0.2) is 0 Å². The minimum atomic E-state index is -0.543. The third-order valence-corrected chi connectivity index (χ3v) is 6.35. The van der Waals surface area contributed by atoms with Gasteiger partial charge in [-0.2, -0.15) is 0 Å². The number of aryl methyl sites for hydroxylation is 1. The van der Waals surface area contributed by atoms with Crippen LogP contribution in [0, 0.1) is 5.92 Å². The average Bonchev–Trinajstić information content (AvgIpc) is 3.01. The van der Waals surface area contributed by atoms with Crippen LogP contribution in [0.2, 0.25) is 5.02 Å². The largest absolute Gasteiger partial charge is 0.487 e. The maximum Gasteiger partial charge on any atom is 0.129 e. The molecule has 4 rings (SSSR count). The van der Waals surface area contributed by atoms with E-state index in [1.54, 1.807) is 0 Å². The van der Waals surface area contributed by atoms with Crippen molar-refractivity contribution in [1.29, 1.82) is 0 Å². The molecular weight excluding hydrogens is 384 g/mol. The number of aliphatic hydroxyl groups is 1. The van der Waals surface area contributed by atoms with E-state index in [1.165, 1.54) is 12.8 Å². The first kappa shape index (κ1) is 20.3. The lowest BCUT2D eigenvalue weighted by Crippen LogP contribution is -2.36. The van der Waals surface area contributed by atoms with E-state index in [0.717, 1.165) is 46.9 Å². The molecule has 0 spiro atoms. The van der Waals surface area contributed by atoms with Gasteiger partial charge in [-0.15, -0.1) is 0 Å². The molecule has 5 heteroatoms. The summed E-state index contributed by atoms with van der Waals surface area (Å²) in [5.74, 6) is 1.55. The summed E-state index contributed by atoms with van der Waals surface area (Å²) in [6.07, 6.45) is 1.86. The normalized spacial score (nSPS) is 17.0. The van der Waals surface area contributed by atoms with Gasteiger partial charge in [0.05, 0.1) is 11.8 Å². The predicted octanol–water partition coefficient (Wildman–Crippen LogP) is 5.18. The highest BCUT2D eigenvalue weighted by atomic mass is 35.5. The van der Waals surface area contributed by atoms with Crippen LogP contribution in [0.4, 0.5) is 0 Å². The lowest BCUT2D eigenvalue weighted by Gasteiger charge is -2.31. The van der Waals surface area contributed by atoms with Crippen LogP contribution in [-0.2, 0) is 13.7 Å². The fraction of sp³-hybridized carbons (Fsp3) is 0.417. The summed E-state index contributed by atoms with van der Waals surface area (Å²) in [6, 6.07) is 15.7. The summed E-state index contributed by atoms with van der Waals surface area (Å²) in [7, 11) is 2.04. The lowest BCUT2D eigenvalue weighted by molar-refractivity contribution is 0.0909. The fourth-order valence-corrected chi connectivity index (χ4v) is 4.41. The smallest absolute Gasteiger partial charge is 0.129 e. The highest BCUT2D eigenvalue weighted by Gasteiger charge is 2.25. The number of para-hydroxylation sites is 1. The Kier molecular flexibility index (Phi) is 6.14. The summed E-state index contributed by atoms with van der Waals surface area (Å²) < 4.78 is 8.19. The van der Waals surface area contributed by atoms with Gasteiger partial charge in [0, 0.05) is 35.1 Å². The van der Waals surface area contributed by atoms with E-state index in [-0.39, 0.29) is 0 Å². The zero-order valence-electron chi connectivity index (χ0n) is 17.1. The number of hydrogen-bond acceptors (Lipinski definition) is 3. The van der Waals surface area contributed by atoms with Crippen molar-refractivity contribution in [3.8, 4) is 5.75 Å². The van der Waals surface area contributed by atoms with Crippen molar-refractivity contribution in [1.82, 2.24) is 9.47 Å². The second kappa shape index (κ2) is 8.78. The van der Waals surface area contributed by atoms with Crippen molar-refractivity contribution in [2.75, 3.05) is 19.6 Å². The molecule has 1 N–H and O–H groups in total. The molecule has 0 bridgehead atoms. The molecule has 1 aromatic heterocycles. The standard InChI is InChI=1S/C24H29ClN2O2/c1-17-11-13-27(14-12-17)15-23(28)24-20-5-3-4-6-21(20)26(2)22(24)16-29-19-9-7-18(25)8-10-19/h3-10,17,23,28H,11-16H2,1-2H3. The number of piperidine rings is 1. The molecule has 0 radical (unpaired) electrons. The summed E-state index contributed by atoms with van der Waals surface area (Å²) in [6.45, 7) is 5.48. The van der Waals surface area contributed by atoms with Crippen molar-refractivity contribution in [2.24, 2.45) is 13.0 Å². The molecule has 0 aliphatic carbocycles. The molecule has 3 aromatic rings. The molecule has 1 fully saturated rings. The average molecular weight is 413 g/mol. The topological polar surface area (TPSA) is 37.6 Å². The zero-order chi connectivity index (χ0) is 20.4. The summed E-state index contributed by atoms with van der Waals surface area (Å²) in [5, 5.41) is 13.0. The Morgan fingerprint density at radius 2 is 1.79 bits per heavy atom. The number of hydrogen-bond donors (Lipinski definition) is 1. The van der Waals surface area contributed by atoms with E-state index in [0.29, 0.717) is 18.2 Å². The maximum atomic E-state index is 11.2. The molecule has 1 aliphatic rings. The lowest BCUT2D eigenvalue weighted by atomic mass is 9.98. The van der Waals surface area contributed by atoms with Gasteiger partial charge >= 0.3 is 0 Å². The van der Waals surface area contributed by atoms with Crippen molar-refractivity contribution >= 4 is 22.5 Å². The van der Waals surface area contributed by atoms with E-state index < -0.39 is 6.10 Å². The molecule has 29 heavy (non-hydrogen) atoms. The number of β-amino-alcohol motifs (C(OH)–C–C–N with tert-alkyl or cyclic N) is 1. The van der Waals surface area contributed by atoms with Crippen LogP contribution >= 0.6 is 11.6 Å². The first-order valence-corrected chi connectivity index (χ1v) is 10.8. The number of aromatic nitrogens is 1. The molecule has 4 nitrogen and oxygen atoms in total. The van der Waals surface area contributed by atoms with E-state index in [2.05, 4.69) is 28.5 Å². The molecule has 2 aromatic carbocycles. The monoisotopic (exact) mass is 412 g/mol. The number of halogens is 1. The van der Waals surface area contributed by atoms with Crippen LogP contribution in [0.5, 0.6) is 5.75 Å². The molecule has 2 heterocycles. The third kappa shape index (κ3) is 4.45. The fourth-order valence-electron chi connectivity index (χ4n) is 4.28. The zero-order valence-corrected chi connectivity index (χ0v) is 17.9. The minimum absolute atomic E-state index is 0.399. The van der Waals surface area contributed by atoms with Gasteiger partial charge in [-0.1, -0.05) is 36.7 Å². The predicted molar refractivity (Wildman–Crippen MR) is 119 cm³/mol. The highest BCUT2D eigenvalue weighted by Crippen LogP contribution is 2.32. The molecule has 1 aliphatic heterocycles. The number of ether oxygens (including phenoxy) is 1. The Morgan fingerprint density at radius 3 is 2.52 bits per heavy atom. The number of likely N-dealkylation sites (tertiary alicyclic amines) is 1. The second-order valence-electron chi connectivity index (χ2n) is 8.18. The van der Waals surface area contributed by atoms with Gasteiger partial charge < -0.3 is 19.3 Å². The van der Waals surface area contributed by atoms with Gasteiger partial charge in [-0.3, -0.25) is 0 Å². The molecule has 1 atom stereocenters. The molecular formula is C24H29ClN2O2. The van der Waals surface area contributed by atoms with Crippen molar-refractivity contribution in [2.45, 2.75) is 32.5 Å². The van der Waals surface area contributed by atoms with Crippen LogP contribution in [0.15, 0.2) is 48.5 Å². The Morgan fingerprint density at radius 1 is 1.10 bits per heavy atom. The van der Waals surface area contributed by atoms with Crippen molar-refractivity contribution in [3.63, 3.8) is 0 Å². The van der Waals surface area contributed by atoms with E-state index in [4.69, 9.17) is 16.3 Å². The van der Waals surface area contributed by atoms with Crippen LogP contribution < -0.4 is 4.74 Å². The molecule has 0 saturated carbocycles. The Balaban J connectivity index is 1.60. The van der Waals surface area contributed by atoms with Gasteiger partial charge in [0.2, 0.25) is 0 Å². The number of fused-ring (bicyclic) bond motifs is 1. The van der Waals surface area contributed by atoms with Crippen molar-refractivity contribution in [3.05, 3.63) is 64.8 Å². The summed E-state index contributed by atoms with van der Waals surface area (Å²) >= 11 is 5.98. The maximum absolute atomic E-state index is 11.2. The molecule has 154 valence electrons.